The minimum atomic E-state index is -2.48. The van der Waals surface area contributed by atoms with Gasteiger partial charge in [-0.15, -0.1) is 62.0 Å². The minimum absolute atomic E-state index is 0. The van der Waals surface area contributed by atoms with Crippen LogP contribution in [-0.4, -0.2) is 91.9 Å². The van der Waals surface area contributed by atoms with E-state index in [1.165, 1.54) is 0 Å². The Morgan fingerprint density at radius 2 is 1.02 bits per heavy atom. The van der Waals surface area contributed by atoms with Crippen LogP contribution in [0.15, 0.2) is 12.3 Å². The molecule has 0 amide bonds. The standard InChI is InChI=1S/C7H19Cl3OSi3.C6H16O3SSi.C4H14O3Si2.C3H6Cl2Si.H3N/c1-12(2,3)11-13(4,5)6-7-14(8,9)10;1-7-11(8-2,9-3)6-4-5-10;1-8(2,5)7-9(3,4)6;1-3-6(2,4)5;/h6-7H2,1-5H3;10H,4-6H2,1-3H3;5-6H,1-4H3;3H,1H2,2H3;1H3. The van der Waals surface area contributed by atoms with E-state index in [0.717, 1.165) is 30.3 Å². The van der Waals surface area contributed by atoms with Gasteiger partial charge in [0.2, 0.25) is 0 Å². The Morgan fingerprint density at radius 1 is 0.683 bits per heavy atom. The Hall–Kier alpha value is 2.74. The highest BCUT2D eigenvalue weighted by molar-refractivity contribution is 7.80. The Kier molecular flexibility index (Phi) is 31.1. The summed E-state index contributed by atoms with van der Waals surface area (Å²) in [5, 5.41) is 0. The largest absolute Gasteiger partial charge is 0.500 e. The summed E-state index contributed by atoms with van der Waals surface area (Å²) >= 11 is 32.7. The van der Waals surface area contributed by atoms with E-state index in [1.54, 1.807) is 59.8 Å². The summed E-state index contributed by atoms with van der Waals surface area (Å²) in [6, 6.07) is 0.0597. The molecule has 0 saturated heterocycles. The second-order valence-electron chi connectivity index (χ2n) is 11.4. The number of halogens is 5. The summed E-state index contributed by atoms with van der Waals surface area (Å²) < 4.78 is 26.8. The summed E-state index contributed by atoms with van der Waals surface area (Å²) in [5.74, 6) is 0.838. The lowest BCUT2D eigenvalue weighted by Gasteiger charge is -2.32. The molecule has 0 aromatic carbocycles. The highest BCUT2D eigenvalue weighted by atomic mass is 35.8. The van der Waals surface area contributed by atoms with Gasteiger partial charge in [0.1, 0.15) is 0 Å². The highest BCUT2D eigenvalue weighted by Crippen LogP contribution is 2.31. The molecule has 0 heterocycles. The third-order valence-electron chi connectivity index (χ3n) is 4.03. The van der Waals surface area contributed by atoms with E-state index in [4.69, 9.17) is 86.5 Å². The molecule has 0 aromatic rings. The predicted molar refractivity (Wildman–Crippen MR) is 204 cm³/mol. The zero-order valence-electron chi connectivity index (χ0n) is 27.3. The molecule has 0 atom stereocenters. The van der Waals surface area contributed by atoms with Gasteiger partial charge in [-0.2, -0.15) is 12.6 Å². The Balaban J connectivity index is -0.000000145. The van der Waals surface area contributed by atoms with Gasteiger partial charge in [0, 0.05) is 27.4 Å². The van der Waals surface area contributed by atoms with Gasteiger partial charge in [-0.1, -0.05) is 5.70 Å². The molecule has 0 fully saturated rings. The van der Waals surface area contributed by atoms with Crippen LogP contribution >= 0.6 is 68.0 Å². The molecule has 21 heteroatoms. The van der Waals surface area contributed by atoms with E-state index in [-0.39, 0.29) is 6.15 Å². The molecule has 0 radical (unpaired) electrons. The summed E-state index contributed by atoms with van der Waals surface area (Å²) in [6.07, 6.45) is 0.963. The van der Waals surface area contributed by atoms with Crippen LogP contribution in [0, 0.1) is 0 Å². The van der Waals surface area contributed by atoms with Crippen molar-refractivity contribution >= 4 is 123 Å². The Labute approximate surface area is 287 Å². The topological polar surface area (TPSA) is 122 Å². The van der Waals surface area contributed by atoms with Crippen LogP contribution in [0.4, 0.5) is 0 Å². The van der Waals surface area contributed by atoms with Gasteiger partial charge >= 0.3 is 31.9 Å². The molecule has 0 aromatic heterocycles. The van der Waals surface area contributed by atoms with Gasteiger partial charge < -0.3 is 37.3 Å². The van der Waals surface area contributed by atoms with Crippen molar-refractivity contribution in [3.63, 3.8) is 0 Å². The monoisotopic (exact) mass is 827 g/mol. The van der Waals surface area contributed by atoms with E-state index >= 15 is 0 Å². The summed E-state index contributed by atoms with van der Waals surface area (Å²) in [5.41, 5.74) is 1.61. The van der Waals surface area contributed by atoms with E-state index in [2.05, 4.69) is 51.9 Å². The summed E-state index contributed by atoms with van der Waals surface area (Å²) in [7, 11) is -5.43. The number of rotatable bonds is 14. The molecule has 0 saturated carbocycles. The second kappa shape index (κ2) is 24.0. The molecule has 0 aliphatic rings. The fourth-order valence-corrected chi connectivity index (χ4v) is 23.0. The van der Waals surface area contributed by atoms with Crippen LogP contribution in [-0.2, 0) is 21.5 Å². The lowest BCUT2D eigenvalue weighted by molar-refractivity contribution is 0.123. The summed E-state index contributed by atoms with van der Waals surface area (Å²) in [4.78, 5) is 18.3. The van der Waals surface area contributed by atoms with E-state index in [0.29, 0.717) is 0 Å². The van der Waals surface area contributed by atoms with E-state index in [9.17, 15) is 0 Å². The van der Waals surface area contributed by atoms with E-state index < -0.39 is 55.3 Å². The lowest BCUT2D eigenvalue weighted by Crippen LogP contribution is -2.44. The maximum absolute atomic E-state index is 9.14. The Morgan fingerprint density at radius 3 is 1.20 bits per heavy atom. The lowest BCUT2D eigenvalue weighted by atomic mass is 10.6. The third-order valence-corrected chi connectivity index (χ3v) is 21.9. The van der Waals surface area contributed by atoms with Gasteiger partial charge in [0.25, 0.3) is 6.69 Å². The molecule has 0 aliphatic heterocycles. The molecular weight excluding hydrogens is 772 g/mol. The molecule has 0 aliphatic carbocycles. The first-order chi connectivity index (χ1) is 17.4. The Bertz CT molecular complexity index is 638. The van der Waals surface area contributed by atoms with Crippen molar-refractivity contribution in [2.24, 2.45) is 0 Å². The molecule has 41 heavy (non-hydrogen) atoms. The van der Waals surface area contributed by atoms with Crippen molar-refractivity contribution in [3.05, 3.63) is 12.3 Å². The zero-order valence-corrected chi connectivity index (χ0v) is 39.0. The van der Waals surface area contributed by atoms with Crippen molar-refractivity contribution in [1.29, 1.82) is 0 Å². The molecule has 0 spiro atoms. The van der Waals surface area contributed by atoms with Gasteiger partial charge in [-0.3, -0.25) is 0 Å². The van der Waals surface area contributed by atoms with Crippen LogP contribution < -0.4 is 6.15 Å². The molecule has 0 unspecified atom stereocenters. The maximum Gasteiger partial charge on any atom is 0.500 e. The molecular formula is C20H58Cl5NO7SSi7. The van der Waals surface area contributed by atoms with Crippen molar-refractivity contribution in [2.45, 2.75) is 90.0 Å². The van der Waals surface area contributed by atoms with Crippen LogP contribution in [0.1, 0.15) is 6.42 Å². The van der Waals surface area contributed by atoms with Crippen molar-refractivity contribution in [2.75, 3.05) is 27.1 Å². The van der Waals surface area contributed by atoms with Gasteiger partial charge in [0.05, 0.1) is 0 Å². The average molecular weight is 831 g/mol. The van der Waals surface area contributed by atoms with Gasteiger partial charge in [-0.05, 0) is 89.7 Å². The SMILES string of the molecule is C=C[Si](C)(Cl)Cl.CO[Si](CCCS)(OC)OC.C[Si](C)(C)O[Si](C)(C)CC[Si](Cl)(Cl)Cl.C[Si](C)(O)O[Si](C)(C)O.N. The van der Waals surface area contributed by atoms with Crippen LogP contribution in [0.25, 0.3) is 0 Å². The first-order valence-corrected chi connectivity index (χ1v) is 37.3. The quantitative estimate of drug-likeness (QED) is 0.0780. The fourth-order valence-electron chi connectivity index (χ4n) is 2.79. The molecule has 0 rings (SSSR count). The van der Waals surface area contributed by atoms with Gasteiger partial charge in [0.15, 0.2) is 16.6 Å². The van der Waals surface area contributed by atoms with Gasteiger partial charge in [-0.25, -0.2) is 0 Å². The first-order valence-electron chi connectivity index (χ1n) is 12.6. The highest BCUT2D eigenvalue weighted by Gasteiger charge is 2.37. The fraction of sp³-hybridized carbons (Fsp3) is 0.900. The molecule has 5 N–H and O–H groups in total. The van der Waals surface area contributed by atoms with E-state index in [1.807, 2.05) is 0 Å². The first kappa shape index (κ1) is 53.2. The maximum atomic E-state index is 9.14. The number of hydrogen-bond donors (Lipinski definition) is 4. The van der Waals surface area contributed by atoms with Crippen molar-refractivity contribution in [1.82, 2.24) is 6.15 Å². The predicted octanol–water partition coefficient (Wildman–Crippen LogP) is 8.70. The van der Waals surface area contributed by atoms with Crippen molar-refractivity contribution < 1.29 is 31.1 Å². The van der Waals surface area contributed by atoms with Crippen molar-refractivity contribution in [3.8, 4) is 0 Å². The average Bonchev–Trinajstić information content (AvgIpc) is 2.70. The van der Waals surface area contributed by atoms with Crippen LogP contribution in [0.3, 0.4) is 0 Å². The minimum Gasteiger partial charge on any atom is -0.456 e. The normalized spacial score (nSPS) is 12.9. The van der Waals surface area contributed by atoms with Crippen LogP contribution in [0.2, 0.25) is 83.6 Å². The molecule has 8 nitrogen and oxygen atoms in total. The summed E-state index contributed by atoms with van der Waals surface area (Å²) in [6.45, 7) is 20.9. The number of thiol groups is 1. The number of hydrogen-bond acceptors (Lipinski definition) is 9. The van der Waals surface area contributed by atoms with Crippen LogP contribution in [0.5, 0.6) is 0 Å². The third kappa shape index (κ3) is 47.3. The zero-order chi connectivity index (χ0) is 33.3. The second-order valence-corrected chi connectivity index (χ2v) is 47.5. The smallest absolute Gasteiger partial charge is 0.456 e. The molecule has 0 bridgehead atoms. The molecule has 254 valence electrons.